The third kappa shape index (κ3) is 3.03. The first-order chi connectivity index (χ1) is 6.93. The molecule has 1 aromatic heterocycles. The molecule has 0 saturated heterocycles. The molecule has 0 amide bonds. The van der Waals surface area contributed by atoms with Crippen molar-refractivity contribution >= 4 is 23.0 Å². The highest BCUT2D eigenvalue weighted by Crippen LogP contribution is 2.03. The minimum absolute atomic E-state index is 0.116. The quantitative estimate of drug-likeness (QED) is 0.344. The second-order valence-electron chi connectivity index (χ2n) is 3.51. The van der Waals surface area contributed by atoms with Crippen LogP contribution in [0, 0.1) is 0 Å². The summed E-state index contributed by atoms with van der Waals surface area (Å²) >= 11 is 4.91. The molecule has 15 heavy (non-hydrogen) atoms. The van der Waals surface area contributed by atoms with E-state index in [1.54, 1.807) is 12.3 Å². The van der Waals surface area contributed by atoms with Gasteiger partial charge in [0.1, 0.15) is 12.0 Å². The van der Waals surface area contributed by atoms with E-state index in [0.29, 0.717) is 5.11 Å². The molecule has 0 aliphatic heterocycles. The van der Waals surface area contributed by atoms with Crippen LogP contribution in [0.1, 0.15) is 12.6 Å². The lowest BCUT2D eigenvalue weighted by Gasteiger charge is -2.19. The van der Waals surface area contributed by atoms with E-state index >= 15 is 0 Å². The van der Waals surface area contributed by atoms with Gasteiger partial charge in [-0.2, -0.15) is 0 Å². The fourth-order valence-corrected chi connectivity index (χ4v) is 1.02. The topological polar surface area (TPSA) is 64.2 Å². The van der Waals surface area contributed by atoms with Crippen molar-refractivity contribution in [3.05, 3.63) is 24.3 Å². The van der Waals surface area contributed by atoms with Gasteiger partial charge in [0.2, 0.25) is 0 Å². The van der Waals surface area contributed by atoms with Crippen molar-refractivity contribution in [1.29, 1.82) is 0 Å². The Bertz CT molecular complexity index is 385. The Morgan fingerprint density at radius 2 is 2.20 bits per heavy atom. The van der Waals surface area contributed by atoms with Gasteiger partial charge in [-0.25, -0.2) is 9.97 Å². The van der Waals surface area contributed by atoms with Crippen molar-refractivity contribution in [1.82, 2.24) is 9.97 Å². The fraction of sp³-hybridized carbons (Fsp3) is 0.333. The molecular formula is C9H14N5S+. The molecule has 0 unspecified atom stereocenters. The Morgan fingerprint density at radius 1 is 1.53 bits per heavy atom. The third-order valence-electron chi connectivity index (χ3n) is 1.89. The molecule has 5 nitrogen and oxygen atoms in total. The highest BCUT2D eigenvalue weighted by atomic mass is 32.1. The molecule has 1 heterocycles. The van der Waals surface area contributed by atoms with E-state index in [1.165, 1.54) is 6.33 Å². The third-order valence-corrected chi connectivity index (χ3v) is 2.34. The number of thiocarbonyl (C=S) groups is 1. The molecule has 0 aliphatic carbocycles. The van der Waals surface area contributed by atoms with Gasteiger partial charge in [0, 0.05) is 18.4 Å². The Hall–Kier alpha value is -1.40. The summed E-state index contributed by atoms with van der Waals surface area (Å²) in [7, 11) is 3.63. The summed E-state index contributed by atoms with van der Waals surface area (Å²) in [5.74, 6) is 0. The normalized spacial score (nSPS) is 12.6. The maximum Gasteiger partial charge on any atom is 0.293 e. The van der Waals surface area contributed by atoms with E-state index in [9.17, 15) is 0 Å². The number of nitrogens with zero attached hydrogens (tertiary/aromatic N) is 4. The average Bonchev–Trinajstić information content (AvgIpc) is 2.18. The van der Waals surface area contributed by atoms with Gasteiger partial charge >= 0.3 is 0 Å². The number of hydrogen-bond donors (Lipinski definition) is 1. The van der Waals surface area contributed by atoms with Crippen LogP contribution in [-0.4, -0.2) is 39.5 Å². The summed E-state index contributed by atoms with van der Waals surface area (Å²) in [5, 5.41) is 4.69. The van der Waals surface area contributed by atoms with E-state index in [1.807, 2.05) is 21.0 Å². The summed E-state index contributed by atoms with van der Waals surface area (Å²) in [6, 6.07) is 1.79. The molecule has 1 rings (SSSR count). The Morgan fingerprint density at radius 3 is 2.67 bits per heavy atom. The SMILES string of the molecule is C/C(=N\[N+](C)(C)C(N)=S)c1ccncn1. The van der Waals surface area contributed by atoms with E-state index in [2.05, 4.69) is 15.1 Å². The molecule has 0 fully saturated rings. The van der Waals surface area contributed by atoms with Gasteiger partial charge in [-0.05, 0) is 13.0 Å². The molecule has 0 atom stereocenters. The van der Waals surface area contributed by atoms with Crippen LogP contribution in [-0.2, 0) is 0 Å². The van der Waals surface area contributed by atoms with E-state index in [-0.39, 0.29) is 4.59 Å². The van der Waals surface area contributed by atoms with Gasteiger partial charge in [0.05, 0.1) is 19.8 Å². The zero-order valence-corrected chi connectivity index (χ0v) is 9.82. The molecule has 0 saturated carbocycles. The van der Waals surface area contributed by atoms with Crippen molar-refractivity contribution in [2.45, 2.75) is 6.92 Å². The summed E-state index contributed by atoms with van der Waals surface area (Å²) in [6.45, 7) is 1.86. The van der Waals surface area contributed by atoms with Crippen molar-refractivity contribution in [2.24, 2.45) is 10.8 Å². The van der Waals surface area contributed by atoms with E-state index < -0.39 is 0 Å². The van der Waals surface area contributed by atoms with Crippen molar-refractivity contribution in [3.63, 3.8) is 0 Å². The Kier molecular flexibility index (Phi) is 3.43. The zero-order chi connectivity index (χ0) is 11.5. The molecule has 0 spiro atoms. The summed E-state index contributed by atoms with van der Waals surface area (Å²) in [5.41, 5.74) is 7.10. The molecule has 2 N–H and O–H groups in total. The molecule has 6 heteroatoms. The van der Waals surface area contributed by atoms with Crippen molar-refractivity contribution < 1.29 is 4.59 Å². The van der Waals surface area contributed by atoms with Crippen LogP contribution in [0.4, 0.5) is 0 Å². The fourth-order valence-electron chi connectivity index (χ4n) is 0.980. The number of quaternary nitrogens is 1. The summed E-state index contributed by atoms with van der Waals surface area (Å²) < 4.78 is 0.116. The molecule has 0 aliphatic rings. The molecule has 1 aromatic rings. The average molecular weight is 224 g/mol. The standard InChI is InChI=1S/C9H13N5S/c1-7(8-4-5-11-6-12-8)13-14(2,3)9(10)15/h4-6H,1-3H3,(H-,10,15)/p+1/b13-7+. The molecule has 80 valence electrons. The number of hydrogen-bond acceptors (Lipinski definition) is 4. The lowest BCUT2D eigenvalue weighted by Crippen LogP contribution is -2.44. The van der Waals surface area contributed by atoms with Gasteiger partial charge in [-0.1, -0.05) is 5.10 Å². The van der Waals surface area contributed by atoms with Crippen molar-refractivity contribution in [2.75, 3.05) is 14.1 Å². The van der Waals surface area contributed by atoms with Crippen LogP contribution < -0.4 is 5.73 Å². The maximum absolute atomic E-state index is 5.56. The highest BCUT2D eigenvalue weighted by molar-refractivity contribution is 7.79. The van der Waals surface area contributed by atoms with E-state index in [4.69, 9.17) is 18.0 Å². The second kappa shape index (κ2) is 4.41. The largest absolute Gasteiger partial charge is 0.343 e. The van der Waals surface area contributed by atoms with Crippen LogP contribution in [0.3, 0.4) is 0 Å². The number of nitrogens with two attached hydrogens (primary N) is 1. The van der Waals surface area contributed by atoms with Crippen LogP contribution in [0.5, 0.6) is 0 Å². The minimum atomic E-state index is 0.116. The van der Waals surface area contributed by atoms with Crippen LogP contribution in [0.25, 0.3) is 0 Å². The van der Waals surface area contributed by atoms with Gasteiger partial charge in [-0.15, -0.1) is 4.59 Å². The van der Waals surface area contributed by atoms with Crippen LogP contribution in [0.15, 0.2) is 23.7 Å². The predicted octanol–water partition coefficient (Wildman–Crippen LogP) is 0.521. The van der Waals surface area contributed by atoms with Gasteiger partial charge in [0.25, 0.3) is 5.11 Å². The first-order valence-electron chi connectivity index (χ1n) is 4.40. The summed E-state index contributed by atoms with van der Waals surface area (Å²) in [6.07, 6.45) is 3.15. The van der Waals surface area contributed by atoms with E-state index in [0.717, 1.165) is 11.4 Å². The second-order valence-corrected chi connectivity index (χ2v) is 3.93. The minimum Gasteiger partial charge on any atom is -0.343 e. The van der Waals surface area contributed by atoms with Crippen LogP contribution >= 0.6 is 12.2 Å². The first kappa shape index (κ1) is 11.7. The number of rotatable bonds is 2. The lowest BCUT2D eigenvalue weighted by molar-refractivity contribution is -0.804. The first-order valence-corrected chi connectivity index (χ1v) is 4.81. The Balaban J connectivity index is 3.00. The van der Waals surface area contributed by atoms with Crippen LogP contribution in [0.2, 0.25) is 0 Å². The molecule has 0 radical (unpaired) electrons. The smallest absolute Gasteiger partial charge is 0.293 e. The Labute approximate surface area is 94.2 Å². The van der Waals surface area contributed by atoms with Gasteiger partial charge < -0.3 is 5.73 Å². The summed E-state index contributed by atoms with van der Waals surface area (Å²) in [4.78, 5) is 7.92. The van der Waals surface area contributed by atoms with Crippen molar-refractivity contribution in [3.8, 4) is 0 Å². The maximum atomic E-state index is 5.56. The molecule has 0 bridgehead atoms. The van der Waals surface area contributed by atoms with Gasteiger partial charge in [0.15, 0.2) is 0 Å². The van der Waals surface area contributed by atoms with Gasteiger partial charge in [-0.3, -0.25) is 0 Å². The zero-order valence-electron chi connectivity index (χ0n) is 9.01. The lowest BCUT2D eigenvalue weighted by atomic mass is 10.3. The predicted molar refractivity (Wildman–Crippen MR) is 63.1 cm³/mol. The monoisotopic (exact) mass is 224 g/mol. The number of aromatic nitrogens is 2. The molecular weight excluding hydrogens is 210 g/mol. The highest BCUT2D eigenvalue weighted by Gasteiger charge is 2.19. The molecule has 0 aromatic carbocycles.